The maximum atomic E-state index is 8.79. The van der Waals surface area contributed by atoms with Gasteiger partial charge in [-0.3, -0.25) is 5.32 Å². The summed E-state index contributed by atoms with van der Waals surface area (Å²) in [6.45, 7) is 1.81. The second kappa shape index (κ2) is 6.26. The van der Waals surface area contributed by atoms with Crippen LogP contribution in [0.15, 0.2) is 54.6 Å². The summed E-state index contributed by atoms with van der Waals surface area (Å²) in [6.07, 6.45) is 0. The van der Waals surface area contributed by atoms with E-state index in [-0.39, 0.29) is 6.61 Å². The number of rotatable bonds is 5. The van der Waals surface area contributed by atoms with E-state index in [1.807, 2.05) is 42.5 Å². The highest BCUT2D eigenvalue weighted by molar-refractivity contribution is 5.39. The Balaban J connectivity index is 1.91. The molecular formula is C17H19NO3. The van der Waals surface area contributed by atoms with Crippen molar-refractivity contribution in [1.29, 1.82) is 0 Å². The summed E-state index contributed by atoms with van der Waals surface area (Å²) in [7, 11) is 0. The normalized spacial score (nSPS) is 21.4. The van der Waals surface area contributed by atoms with Gasteiger partial charge in [-0.05, 0) is 12.1 Å². The third kappa shape index (κ3) is 2.78. The highest BCUT2D eigenvalue weighted by Crippen LogP contribution is 2.34. The van der Waals surface area contributed by atoms with E-state index < -0.39 is 5.72 Å². The van der Waals surface area contributed by atoms with Gasteiger partial charge in [-0.2, -0.15) is 0 Å². The minimum Gasteiger partial charge on any atom is -0.491 e. The van der Waals surface area contributed by atoms with E-state index in [9.17, 15) is 0 Å². The van der Waals surface area contributed by atoms with Crippen molar-refractivity contribution in [1.82, 2.24) is 5.32 Å². The van der Waals surface area contributed by atoms with E-state index in [2.05, 4.69) is 17.4 Å². The van der Waals surface area contributed by atoms with Crippen LogP contribution in [-0.4, -0.2) is 31.5 Å². The Kier molecular flexibility index (Phi) is 4.20. The molecule has 1 saturated heterocycles. The minimum absolute atomic E-state index is 0.0143. The number of hydrogen-bond acceptors (Lipinski definition) is 4. The molecule has 21 heavy (non-hydrogen) atoms. The number of hydrogen-bond donors (Lipinski definition) is 2. The van der Waals surface area contributed by atoms with Crippen LogP contribution in [0.25, 0.3) is 0 Å². The van der Waals surface area contributed by atoms with Crippen LogP contribution in [0.3, 0.4) is 0 Å². The average molecular weight is 285 g/mol. The van der Waals surface area contributed by atoms with Crippen LogP contribution in [0.2, 0.25) is 0 Å². The molecule has 1 unspecified atom stereocenters. The highest BCUT2D eigenvalue weighted by Gasteiger charge is 2.38. The van der Waals surface area contributed by atoms with Crippen LogP contribution in [0.5, 0.6) is 5.75 Å². The first kappa shape index (κ1) is 14.1. The van der Waals surface area contributed by atoms with Crippen LogP contribution in [0, 0.1) is 0 Å². The fourth-order valence-corrected chi connectivity index (χ4v) is 2.64. The first-order valence-electron chi connectivity index (χ1n) is 7.14. The second-order valence-electron chi connectivity index (χ2n) is 4.92. The van der Waals surface area contributed by atoms with Crippen molar-refractivity contribution in [3.05, 3.63) is 65.7 Å². The molecule has 1 heterocycles. The molecule has 1 fully saturated rings. The molecule has 0 aromatic heterocycles. The zero-order valence-electron chi connectivity index (χ0n) is 11.8. The number of benzene rings is 2. The lowest BCUT2D eigenvalue weighted by Gasteiger charge is -2.30. The molecule has 2 aromatic carbocycles. The molecule has 3 rings (SSSR count). The monoisotopic (exact) mass is 285 g/mol. The third-order valence-corrected chi connectivity index (χ3v) is 3.60. The van der Waals surface area contributed by atoms with Crippen LogP contribution in [0.4, 0.5) is 0 Å². The van der Waals surface area contributed by atoms with Crippen molar-refractivity contribution >= 4 is 0 Å². The van der Waals surface area contributed by atoms with E-state index >= 15 is 0 Å². The summed E-state index contributed by atoms with van der Waals surface area (Å²) in [5.74, 6) is 0.744. The number of aliphatic hydroxyl groups excluding tert-OH is 1. The summed E-state index contributed by atoms with van der Waals surface area (Å²) in [4.78, 5) is 0. The number of ether oxygens (including phenoxy) is 2. The van der Waals surface area contributed by atoms with Crippen molar-refractivity contribution in [2.75, 3.05) is 26.4 Å². The lowest BCUT2D eigenvalue weighted by atomic mass is 9.94. The van der Waals surface area contributed by atoms with Gasteiger partial charge in [0.25, 0.3) is 0 Å². The fourth-order valence-electron chi connectivity index (χ4n) is 2.64. The van der Waals surface area contributed by atoms with Crippen LogP contribution >= 0.6 is 0 Å². The van der Waals surface area contributed by atoms with Gasteiger partial charge in [0.05, 0.1) is 13.2 Å². The maximum absolute atomic E-state index is 8.79. The Morgan fingerprint density at radius 1 is 1.05 bits per heavy atom. The van der Waals surface area contributed by atoms with Crippen molar-refractivity contribution in [3.63, 3.8) is 0 Å². The van der Waals surface area contributed by atoms with E-state index in [4.69, 9.17) is 14.6 Å². The number of aliphatic hydroxyl groups is 1. The molecule has 0 radical (unpaired) electrons. The van der Waals surface area contributed by atoms with Gasteiger partial charge in [0.2, 0.25) is 0 Å². The largest absolute Gasteiger partial charge is 0.491 e. The SMILES string of the molecule is OCCOc1ccc(C2(c3ccccc3)NCCO2)cc1. The summed E-state index contributed by atoms with van der Waals surface area (Å²) in [5, 5.41) is 12.3. The molecular weight excluding hydrogens is 266 g/mol. The maximum Gasteiger partial charge on any atom is 0.171 e. The molecule has 1 aliphatic rings. The molecule has 1 aliphatic heterocycles. The molecule has 0 saturated carbocycles. The van der Waals surface area contributed by atoms with Crippen LogP contribution < -0.4 is 10.1 Å². The van der Waals surface area contributed by atoms with Gasteiger partial charge < -0.3 is 14.6 Å². The first-order valence-corrected chi connectivity index (χ1v) is 7.14. The smallest absolute Gasteiger partial charge is 0.171 e. The Hall–Kier alpha value is -1.88. The fraction of sp³-hybridized carbons (Fsp3) is 0.294. The van der Waals surface area contributed by atoms with Gasteiger partial charge in [0.1, 0.15) is 12.4 Å². The molecule has 0 aliphatic carbocycles. The lowest BCUT2D eigenvalue weighted by molar-refractivity contribution is 0.0223. The Bertz CT molecular complexity index is 562. The van der Waals surface area contributed by atoms with Crippen molar-refractivity contribution in [3.8, 4) is 5.75 Å². The van der Waals surface area contributed by atoms with Crippen LogP contribution in [-0.2, 0) is 10.5 Å². The molecule has 0 bridgehead atoms. The Morgan fingerprint density at radius 3 is 2.38 bits per heavy atom. The minimum atomic E-state index is -0.587. The van der Waals surface area contributed by atoms with Gasteiger partial charge in [-0.1, -0.05) is 42.5 Å². The highest BCUT2D eigenvalue weighted by atomic mass is 16.5. The van der Waals surface area contributed by atoms with Gasteiger partial charge in [-0.15, -0.1) is 0 Å². The summed E-state index contributed by atoms with van der Waals surface area (Å²) in [5.41, 5.74) is 1.55. The summed E-state index contributed by atoms with van der Waals surface area (Å²) < 4.78 is 11.4. The van der Waals surface area contributed by atoms with Gasteiger partial charge in [0.15, 0.2) is 5.72 Å². The van der Waals surface area contributed by atoms with Gasteiger partial charge in [-0.25, -0.2) is 0 Å². The standard InChI is InChI=1S/C17H19NO3/c19-11-13-20-16-8-6-15(7-9-16)17(18-10-12-21-17)14-4-2-1-3-5-14/h1-9,18-19H,10-13H2. The quantitative estimate of drug-likeness (QED) is 0.880. The van der Waals surface area contributed by atoms with Crippen molar-refractivity contribution in [2.24, 2.45) is 0 Å². The number of nitrogens with one attached hydrogen (secondary N) is 1. The molecule has 0 spiro atoms. The summed E-state index contributed by atoms with van der Waals surface area (Å²) >= 11 is 0. The second-order valence-corrected chi connectivity index (χ2v) is 4.92. The predicted molar refractivity (Wildman–Crippen MR) is 80.2 cm³/mol. The zero-order chi connectivity index (χ0) is 14.5. The summed E-state index contributed by atoms with van der Waals surface area (Å²) in [6, 6.07) is 18.0. The molecule has 110 valence electrons. The van der Waals surface area contributed by atoms with Gasteiger partial charge in [0, 0.05) is 17.7 Å². The Morgan fingerprint density at radius 2 is 1.76 bits per heavy atom. The van der Waals surface area contributed by atoms with E-state index in [1.54, 1.807) is 0 Å². The lowest BCUT2D eigenvalue weighted by Crippen LogP contribution is -2.39. The predicted octanol–water partition coefficient (Wildman–Crippen LogP) is 1.88. The molecule has 2 N–H and O–H groups in total. The van der Waals surface area contributed by atoms with Crippen molar-refractivity contribution in [2.45, 2.75) is 5.72 Å². The Labute approximate surface area is 124 Å². The van der Waals surface area contributed by atoms with Crippen LogP contribution in [0.1, 0.15) is 11.1 Å². The molecule has 1 atom stereocenters. The molecule has 4 nitrogen and oxygen atoms in total. The van der Waals surface area contributed by atoms with E-state index in [0.717, 1.165) is 23.4 Å². The van der Waals surface area contributed by atoms with E-state index in [0.29, 0.717) is 13.2 Å². The molecule has 4 heteroatoms. The molecule has 2 aromatic rings. The third-order valence-electron chi connectivity index (χ3n) is 3.60. The average Bonchev–Trinajstić information content (AvgIpc) is 3.05. The van der Waals surface area contributed by atoms with Crippen molar-refractivity contribution < 1.29 is 14.6 Å². The zero-order valence-corrected chi connectivity index (χ0v) is 11.8. The topological polar surface area (TPSA) is 50.7 Å². The first-order chi connectivity index (χ1) is 10.3. The molecule has 0 amide bonds. The van der Waals surface area contributed by atoms with Gasteiger partial charge >= 0.3 is 0 Å². The van der Waals surface area contributed by atoms with E-state index in [1.165, 1.54) is 0 Å².